The van der Waals surface area contributed by atoms with E-state index < -0.39 is 0 Å². The minimum atomic E-state index is 0.0197. The monoisotopic (exact) mass is 282 g/mol. The van der Waals surface area contributed by atoms with Gasteiger partial charge in [0.2, 0.25) is 5.91 Å². The fourth-order valence-corrected chi connectivity index (χ4v) is 3.32. The highest BCUT2D eigenvalue weighted by atomic mass is 16.2. The van der Waals surface area contributed by atoms with Crippen LogP contribution in [0, 0.1) is 0 Å². The smallest absolute Gasteiger partial charge is 0.239 e. The van der Waals surface area contributed by atoms with Crippen LogP contribution in [0.25, 0.3) is 0 Å². The number of hydrogen-bond donors (Lipinski definition) is 1. The first-order chi connectivity index (χ1) is 9.63. The van der Waals surface area contributed by atoms with Crippen LogP contribution in [0.2, 0.25) is 0 Å². The first-order valence-electron chi connectivity index (χ1n) is 8.07. The SMILES string of the molecule is CCN1CCC(N(C)C(=O)C(C)N2CCNCC2)CC1. The maximum absolute atomic E-state index is 12.6. The maximum atomic E-state index is 12.6. The second-order valence-electron chi connectivity index (χ2n) is 6.08. The Hall–Kier alpha value is -0.650. The van der Waals surface area contributed by atoms with Crippen LogP contribution < -0.4 is 5.32 Å². The van der Waals surface area contributed by atoms with E-state index in [1.165, 1.54) is 0 Å². The van der Waals surface area contributed by atoms with Gasteiger partial charge < -0.3 is 15.1 Å². The molecule has 2 aliphatic rings. The van der Waals surface area contributed by atoms with Gasteiger partial charge >= 0.3 is 0 Å². The van der Waals surface area contributed by atoms with Crippen molar-refractivity contribution >= 4 is 5.91 Å². The lowest BCUT2D eigenvalue weighted by molar-refractivity contribution is -0.138. The third-order valence-corrected chi connectivity index (χ3v) is 4.96. The molecule has 2 saturated heterocycles. The number of piperazine rings is 1. The average Bonchev–Trinajstić information content (AvgIpc) is 2.53. The van der Waals surface area contributed by atoms with Gasteiger partial charge in [-0.25, -0.2) is 0 Å². The molecule has 2 heterocycles. The Morgan fingerprint density at radius 3 is 2.40 bits per heavy atom. The van der Waals surface area contributed by atoms with Crippen LogP contribution in [0.3, 0.4) is 0 Å². The molecule has 2 rings (SSSR count). The van der Waals surface area contributed by atoms with E-state index in [4.69, 9.17) is 0 Å². The highest BCUT2D eigenvalue weighted by molar-refractivity contribution is 5.81. The van der Waals surface area contributed by atoms with Crippen molar-refractivity contribution in [2.45, 2.75) is 38.8 Å². The van der Waals surface area contributed by atoms with Crippen molar-refractivity contribution in [2.24, 2.45) is 0 Å². The molecule has 1 atom stereocenters. The van der Waals surface area contributed by atoms with Gasteiger partial charge in [-0.2, -0.15) is 0 Å². The molecule has 2 aliphatic heterocycles. The van der Waals surface area contributed by atoms with E-state index in [1.807, 2.05) is 11.9 Å². The van der Waals surface area contributed by atoms with Gasteiger partial charge in [0.1, 0.15) is 0 Å². The summed E-state index contributed by atoms with van der Waals surface area (Å²) < 4.78 is 0. The number of carbonyl (C=O) groups excluding carboxylic acids is 1. The normalized spacial score (nSPS) is 24.6. The summed E-state index contributed by atoms with van der Waals surface area (Å²) in [5.41, 5.74) is 0. The van der Waals surface area contributed by atoms with Gasteiger partial charge in [0.15, 0.2) is 0 Å². The lowest BCUT2D eigenvalue weighted by Gasteiger charge is -2.39. The number of likely N-dealkylation sites (tertiary alicyclic amines) is 1. The minimum absolute atomic E-state index is 0.0197. The number of piperidine rings is 1. The minimum Gasteiger partial charge on any atom is -0.341 e. The summed E-state index contributed by atoms with van der Waals surface area (Å²) in [6.07, 6.45) is 2.23. The molecular weight excluding hydrogens is 252 g/mol. The van der Waals surface area contributed by atoms with E-state index in [0.29, 0.717) is 11.9 Å². The zero-order valence-corrected chi connectivity index (χ0v) is 13.3. The lowest BCUT2D eigenvalue weighted by atomic mass is 10.0. The molecule has 116 valence electrons. The quantitative estimate of drug-likeness (QED) is 0.801. The molecule has 0 aromatic heterocycles. The first-order valence-corrected chi connectivity index (χ1v) is 8.07. The molecule has 1 unspecified atom stereocenters. The van der Waals surface area contributed by atoms with E-state index in [-0.39, 0.29) is 6.04 Å². The van der Waals surface area contributed by atoms with Crippen molar-refractivity contribution in [3.63, 3.8) is 0 Å². The number of amides is 1. The molecule has 0 saturated carbocycles. The predicted octanol–water partition coefficient (Wildman–Crippen LogP) is 0.223. The summed E-state index contributed by atoms with van der Waals surface area (Å²) in [7, 11) is 1.99. The van der Waals surface area contributed by atoms with Gasteiger partial charge in [0.25, 0.3) is 0 Å². The van der Waals surface area contributed by atoms with E-state index in [1.54, 1.807) is 0 Å². The van der Waals surface area contributed by atoms with Crippen LogP contribution in [0.15, 0.2) is 0 Å². The molecule has 0 radical (unpaired) electrons. The van der Waals surface area contributed by atoms with Gasteiger partial charge in [-0.15, -0.1) is 0 Å². The fraction of sp³-hybridized carbons (Fsp3) is 0.933. The summed E-state index contributed by atoms with van der Waals surface area (Å²) in [5.74, 6) is 0.293. The Labute approximate surface area is 123 Å². The van der Waals surface area contributed by atoms with Crippen molar-refractivity contribution in [2.75, 3.05) is 52.9 Å². The van der Waals surface area contributed by atoms with Crippen molar-refractivity contribution < 1.29 is 4.79 Å². The molecule has 0 spiro atoms. The van der Waals surface area contributed by atoms with Crippen LogP contribution in [0.1, 0.15) is 26.7 Å². The number of likely N-dealkylation sites (N-methyl/N-ethyl adjacent to an activating group) is 1. The Morgan fingerprint density at radius 1 is 1.25 bits per heavy atom. The van der Waals surface area contributed by atoms with Crippen LogP contribution >= 0.6 is 0 Å². The van der Waals surface area contributed by atoms with Crippen LogP contribution in [-0.4, -0.2) is 85.6 Å². The average molecular weight is 282 g/mol. The van der Waals surface area contributed by atoms with E-state index in [2.05, 4.69) is 29.0 Å². The van der Waals surface area contributed by atoms with Crippen molar-refractivity contribution in [1.29, 1.82) is 0 Å². The number of nitrogens with one attached hydrogen (secondary N) is 1. The van der Waals surface area contributed by atoms with Gasteiger partial charge in [-0.05, 0) is 26.3 Å². The molecule has 5 heteroatoms. The van der Waals surface area contributed by atoms with Gasteiger partial charge in [0, 0.05) is 52.4 Å². The summed E-state index contributed by atoms with van der Waals surface area (Å²) in [6, 6.07) is 0.446. The van der Waals surface area contributed by atoms with Crippen LogP contribution in [-0.2, 0) is 4.79 Å². The van der Waals surface area contributed by atoms with Crippen LogP contribution in [0.4, 0.5) is 0 Å². The molecule has 0 aliphatic carbocycles. The topological polar surface area (TPSA) is 38.8 Å². The zero-order valence-electron chi connectivity index (χ0n) is 13.3. The predicted molar refractivity (Wildman–Crippen MR) is 81.8 cm³/mol. The highest BCUT2D eigenvalue weighted by Crippen LogP contribution is 2.17. The molecule has 5 nitrogen and oxygen atoms in total. The van der Waals surface area contributed by atoms with Gasteiger partial charge in [-0.3, -0.25) is 9.69 Å². The molecule has 2 fully saturated rings. The summed E-state index contributed by atoms with van der Waals surface area (Å²) >= 11 is 0. The first kappa shape index (κ1) is 15.7. The summed E-state index contributed by atoms with van der Waals surface area (Å²) in [4.78, 5) is 19.4. The summed E-state index contributed by atoms with van der Waals surface area (Å²) in [5, 5.41) is 3.34. The Kier molecular flexibility index (Phi) is 5.81. The van der Waals surface area contributed by atoms with Gasteiger partial charge in [0.05, 0.1) is 6.04 Å². The summed E-state index contributed by atoms with van der Waals surface area (Å²) in [6.45, 7) is 11.6. The molecule has 0 bridgehead atoms. The largest absolute Gasteiger partial charge is 0.341 e. The zero-order chi connectivity index (χ0) is 14.5. The third kappa shape index (κ3) is 3.71. The van der Waals surface area contributed by atoms with Crippen molar-refractivity contribution in [3.05, 3.63) is 0 Å². The molecule has 20 heavy (non-hydrogen) atoms. The highest BCUT2D eigenvalue weighted by Gasteiger charge is 2.30. The molecule has 1 N–H and O–H groups in total. The fourth-order valence-electron chi connectivity index (χ4n) is 3.32. The standard InChI is InChI=1S/C15H30N4O/c1-4-18-9-5-14(6-10-18)17(3)15(20)13(2)19-11-7-16-8-12-19/h13-14,16H,4-12H2,1-3H3. The van der Waals surface area contributed by atoms with Gasteiger partial charge in [-0.1, -0.05) is 6.92 Å². The van der Waals surface area contributed by atoms with E-state index in [0.717, 1.165) is 58.7 Å². The Balaban J connectivity index is 1.84. The molecular formula is C15H30N4O. The third-order valence-electron chi connectivity index (χ3n) is 4.96. The maximum Gasteiger partial charge on any atom is 0.239 e. The Bertz CT molecular complexity index is 309. The molecule has 0 aromatic carbocycles. The number of carbonyl (C=O) groups is 1. The van der Waals surface area contributed by atoms with E-state index >= 15 is 0 Å². The molecule has 0 aromatic rings. The number of nitrogens with zero attached hydrogens (tertiary/aromatic N) is 3. The van der Waals surface area contributed by atoms with Crippen molar-refractivity contribution in [1.82, 2.24) is 20.0 Å². The second-order valence-corrected chi connectivity index (χ2v) is 6.08. The number of rotatable bonds is 4. The Morgan fingerprint density at radius 2 is 1.85 bits per heavy atom. The number of hydrogen-bond acceptors (Lipinski definition) is 4. The van der Waals surface area contributed by atoms with Crippen LogP contribution in [0.5, 0.6) is 0 Å². The lowest BCUT2D eigenvalue weighted by Crippen LogP contribution is -2.55. The van der Waals surface area contributed by atoms with E-state index in [9.17, 15) is 4.79 Å². The second kappa shape index (κ2) is 7.38. The van der Waals surface area contributed by atoms with Crippen molar-refractivity contribution in [3.8, 4) is 0 Å². The molecule has 1 amide bonds.